The van der Waals surface area contributed by atoms with E-state index in [1.165, 1.54) is 22.9 Å². The molecule has 3 aromatic carbocycles. The molecular formula is C25H26N2O2S2. The first kappa shape index (κ1) is 22.8. The third-order valence-corrected chi connectivity index (χ3v) is 6.17. The highest BCUT2D eigenvalue weighted by atomic mass is 32.2. The van der Waals surface area contributed by atoms with Gasteiger partial charge < -0.3 is 15.0 Å². The molecule has 0 spiro atoms. The van der Waals surface area contributed by atoms with Crippen LogP contribution in [0.15, 0.2) is 78.9 Å². The second kappa shape index (κ2) is 11.5. The van der Waals surface area contributed by atoms with Crippen molar-refractivity contribution in [2.24, 2.45) is 0 Å². The lowest BCUT2D eigenvalue weighted by Gasteiger charge is -2.25. The molecule has 0 atom stereocenters. The number of benzene rings is 3. The highest BCUT2D eigenvalue weighted by Gasteiger charge is 2.15. The maximum Gasteiger partial charge on any atom is 0.234 e. The van der Waals surface area contributed by atoms with E-state index in [-0.39, 0.29) is 11.7 Å². The van der Waals surface area contributed by atoms with Gasteiger partial charge in [0.05, 0.1) is 18.6 Å². The van der Waals surface area contributed by atoms with Crippen LogP contribution in [-0.2, 0) is 17.9 Å². The Bertz CT molecular complexity index is 969. The third kappa shape index (κ3) is 7.12. The molecule has 0 radical (unpaired) electrons. The molecule has 0 saturated heterocycles. The summed E-state index contributed by atoms with van der Waals surface area (Å²) in [6.45, 7) is 3.35. The Morgan fingerprint density at radius 2 is 1.55 bits per heavy atom. The smallest absolute Gasteiger partial charge is 0.234 e. The summed E-state index contributed by atoms with van der Waals surface area (Å²) in [5.74, 6) is 0.757. The van der Waals surface area contributed by atoms with E-state index in [1.807, 2.05) is 61.5 Å². The van der Waals surface area contributed by atoms with Crippen LogP contribution in [0.4, 0.5) is 5.69 Å². The molecule has 6 heteroatoms. The largest absolute Gasteiger partial charge is 0.495 e. The van der Waals surface area contributed by atoms with Crippen LogP contribution in [0.3, 0.4) is 0 Å². The molecule has 0 unspecified atom stereocenters. The van der Waals surface area contributed by atoms with Gasteiger partial charge in [-0.1, -0.05) is 90.7 Å². The van der Waals surface area contributed by atoms with Gasteiger partial charge in [-0.3, -0.25) is 4.79 Å². The number of anilines is 1. The van der Waals surface area contributed by atoms with E-state index in [2.05, 4.69) is 34.5 Å². The number of thiocarbonyl (C=S) groups is 1. The summed E-state index contributed by atoms with van der Waals surface area (Å²) in [6.07, 6.45) is 0. The standard InChI is InChI=1S/C25H26N2O2S2/c1-19-13-14-23(29-2)22(15-19)26-24(28)18-31-25(30)27(16-20-9-5-3-6-10-20)17-21-11-7-4-8-12-21/h3-15H,16-18H2,1-2H3,(H,26,28). The van der Waals surface area contributed by atoms with Crippen molar-refractivity contribution in [2.45, 2.75) is 20.0 Å². The Labute approximate surface area is 193 Å². The molecule has 0 fully saturated rings. The minimum Gasteiger partial charge on any atom is -0.495 e. The van der Waals surface area contributed by atoms with Gasteiger partial charge in [-0.05, 0) is 35.7 Å². The van der Waals surface area contributed by atoms with Crippen molar-refractivity contribution in [2.75, 3.05) is 18.2 Å². The van der Waals surface area contributed by atoms with E-state index in [0.717, 1.165) is 5.56 Å². The molecule has 0 aliphatic heterocycles. The first-order chi connectivity index (χ1) is 15.0. The number of rotatable bonds is 8. The van der Waals surface area contributed by atoms with Crippen LogP contribution in [0.1, 0.15) is 16.7 Å². The zero-order valence-electron chi connectivity index (χ0n) is 17.7. The Morgan fingerprint density at radius 1 is 0.968 bits per heavy atom. The van der Waals surface area contributed by atoms with Gasteiger partial charge in [-0.15, -0.1) is 0 Å². The number of carbonyl (C=O) groups excluding carboxylic acids is 1. The molecule has 31 heavy (non-hydrogen) atoms. The number of hydrogen-bond acceptors (Lipinski definition) is 4. The molecule has 0 aliphatic rings. The summed E-state index contributed by atoms with van der Waals surface area (Å²) in [6, 6.07) is 26.1. The Hall–Kier alpha value is -2.83. The fourth-order valence-electron chi connectivity index (χ4n) is 3.12. The van der Waals surface area contributed by atoms with E-state index in [0.29, 0.717) is 28.8 Å². The molecular weight excluding hydrogens is 424 g/mol. The van der Waals surface area contributed by atoms with E-state index < -0.39 is 0 Å². The van der Waals surface area contributed by atoms with Crippen LogP contribution in [0, 0.1) is 6.92 Å². The number of methoxy groups -OCH3 is 1. The van der Waals surface area contributed by atoms with Gasteiger partial charge in [0, 0.05) is 13.1 Å². The molecule has 0 saturated carbocycles. The quantitative estimate of drug-likeness (QED) is 0.448. The average molecular weight is 451 g/mol. The number of nitrogens with zero attached hydrogens (tertiary/aromatic N) is 1. The summed E-state index contributed by atoms with van der Waals surface area (Å²) in [4.78, 5) is 14.7. The minimum absolute atomic E-state index is 0.115. The van der Waals surface area contributed by atoms with Gasteiger partial charge in [0.2, 0.25) is 5.91 Å². The Morgan fingerprint density at radius 3 is 2.10 bits per heavy atom. The van der Waals surface area contributed by atoms with Gasteiger partial charge in [0.15, 0.2) is 0 Å². The van der Waals surface area contributed by atoms with Crippen molar-refractivity contribution in [3.05, 3.63) is 95.6 Å². The summed E-state index contributed by atoms with van der Waals surface area (Å²) >= 11 is 7.08. The number of aryl methyl sites for hydroxylation is 1. The van der Waals surface area contributed by atoms with Crippen molar-refractivity contribution in [3.63, 3.8) is 0 Å². The van der Waals surface area contributed by atoms with E-state index >= 15 is 0 Å². The SMILES string of the molecule is COc1ccc(C)cc1NC(=O)CSC(=S)N(Cc1ccccc1)Cc1ccccc1. The van der Waals surface area contributed by atoms with E-state index in [9.17, 15) is 4.79 Å². The number of thioether (sulfide) groups is 1. The Balaban J connectivity index is 1.64. The summed E-state index contributed by atoms with van der Waals surface area (Å²) in [5.41, 5.74) is 4.08. The van der Waals surface area contributed by atoms with Gasteiger partial charge in [0.25, 0.3) is 0 Å². The normalized spacial score (nSPS) is 10.4. The maximum atomic E-state index is 12.6. The van der Waals surface area contributed by atoms with Crippen LogP contribution < -0.4 is 10.1 Å². The molecule has 1 amide bonds. The van der Waals surface area contributed by atoms with Crippen molar-refractivity contribution in [1.82, 2.24) is 4.90 Å². The highest BCUT2D eigenvalue weighted by Crippen LogP contribution is 2.25. The second-order valence-electron chi connectivity index (χ2n) is 7.13. The van der Waals surface area contributed by atoms with Crippen LogP contribution in [0.5, 0.6) is 5.75 Å². The highest BCUT2D eigenvalue weighted by molar-refractivity contribution is 8.23. The summed E-state index contributed by atoms with van der Waals surface area (Å²) < 4.78 is 6.04. The zero-order chi connectivity index (χ0) is 22.1. The van der Waals surface area contributed by atoms with Gasteiger partial charge >= 0.3 is 0 Å². The molecule has 3 aromatic rings. The van der Waals surface area contributed by atoms with Gasteiger partial charge in [-0.2, -0.15) is 0 Å². The minimum atomic E-state index is -0.115. The topological polar surface area (TPSA) is 41.6 Å². The molecule has 0 aliphatic carbocycles. The number of amides is 1. The van der Waals surface area contributed by atoms with Gasteiger partial charge in [-0.25, -0.2) is 0 Å². The molecule has 160 valence electrons. The lowest BCUT2D eigenvalue weighted by molar-refractivity contribution is -0.113. The second-order valence-corrected chi connectivity index (χ2v) is 8.74. The lowest BCUT2D eigenvalue weighted by Crippen LogP contribution is -2.28. The number of carbonyl (C=O) groups is 1. The fraction of sp³-hybridized carbons (Fsp3) is 0.200. The van der Waals surface area contributed by atoms with Crippen molar-refractivity contribution in [1.29, 1.82) is 0 Å². The molecule has 0 aromatic heterocycles. The zero-order valence-corrected chi connectivity index (χ0v) is 19.3. The first-order valence-corrected chi connectivity index (χ1v) is 11.4. The van der Waals surface area contributed by atoms with Crippen LogP contribution in [0.25, 0.3) is 0 Å². The molecule has 0 heterocycles. The molecule has 1 N–H and O–H groups in total. The fourth-order valence-corrected chi connectivity index (χ4v) is 4.06. The van der Waals surface area contributed by atoms with Crippen LogP contribution in [0.2, 0.25) is 0 Å². The van der Waals surface area contributed by atoms with Crippen molar-refractivity contribution in [3.8, 4) is 5.75 Å². The maximum absolute atomic E-state index is 12.6. The predicted molar refractivity (Wildman–Crippen MR) is 134 cm³/mol. The van der Waals surface area contributed by atoms with Crippen molar-refractivity contribution < 1.29 is 9.53 Å². The van der Waals surface area contributed by atoms with Crippen LogP contribution >= 0.6 is 24.0 Å². The van der Waals surface area contributed by atoms with E-state index in [1.54, 1.807) is 7.11 Å². The number of hydrogen-bond donors (Lipinski definition) is 1. The van der Waals surface area contributed by atoms with E-state index in [4.69, 9.17) is 17.0 Å². The first-order valence-electron chi connectivity index (χ1n) is 9.99. The van der Waals surface area contributed by atoms with Crippen LogP contribution in [-0.4, -0.2) is 28.0 Å². The number of nitrogens with one attached hydrogen (secondary N) is 1. The average Bonchev–Trinajstić information content (AvgIpc) is 2.78. The monoisotopic (exact) mass is 450 g/mol. The molecule has 0 bridgehead atoms. The Kier molecular flexibility index (Phi) is 8.50. The van der Waals surface area contributed by atoms with Crippen molar-refractivity contribution >= 4 is 39.9 Å². The summed E-state index contributed by atoms with van der Waals surface area (Å²) in [7, 11) is 1.59. The summed E-state index contributed by atoms with van der Waals surface area (Å²) in [5, 5.41) is 2.93. The van der Waals surface area contributed by atoms with Gasteiger partial charge in [0.1, 0.15) is 10.1 Å². The lowest BCUT2D eigenvalue weighted by atomic mass is 10.2. The molecule has 4 nitrogen and oxygen atoms in total. The number of ether oxygens (including phenoxy) is 1. The molecule has 3 rings (SSSR count). The predicted octanol–water partition coefficient (Wildman–Crippen LogP) is 5.66. The third-order valence-electron chi connectivity index (χ3n) is 4.65.